The van der Waals surface area contributed by atoms with Gasteiger partial charge in [0.1, 0.15) is 0 Å². The van der Waals surface area contributed by atoms with Crippen molar-refractivity contribution in [2.45, 2.75) is 45.2 Å². The van der Waals surface area contributed by atoms with Crippen LogP contribution in [0.1, 0.15) is 33.6 Å². The van der Waals surface area contributed by atoms with E-state index in [4.69, 9.17) is 0 Å². The summed E-state index contributed by atoms with van der Waals surface area (Å²) in [6.07, 6.45) is 6.43. The first-order valence-corrected chi connectivity index (χ1v) is 7.35. The van der Waals surface area contributed by atoms with E-state index in [9.17, 15) is 9.59 Å². The van der Waals surface area contributed by atoms with Crippen LogP contribution in [0.5, 0.6) is 0 Å². The van der Waals surface area contributed by atoms with Gasteiger partial charge in [-0.1, -0.05) is 0 Å². The van der Waals surface area contributed by atoms with Gasteiger partial charge in [0.15, 0.2) is 0 Å². The number of amides is 2. The molecule has 0 aromatic rings. The molecule has 3 N–H and O–H groups in total. The number of carbonyl (C=O) groups is 2. The van der Waals surface area contributed by atoms with Crippen molar-refractivity contribution < 1.29 is 9.59 Å². The summed E-state index contributed by atoms with van der Waals surface area (Å²) < 4.78 is 0. The smallest absolute Gasteiger partial charge is 0.238 e. The number of carbonyl (C=O) groups excluding carboxylic acids is 2. The van der Waals surface area contributed by atoms with Crippen molar-refractivity contribution in [1.82, 2.24) is 20.9 Å². The minimum Gasteiger partial charge on any atom is -0.381 e. The topological polar surface area (TPSA) is 73.5 Å². The third-order valence-corrected chi connectivity index (χ3v) is 4.18. The quantitative estimate of drug-likeness (QED) is 0.643. The van der Waals surface area contributed by atoms with Crippen LogP contribution >= 0.6 is 0 Å². The predicted octanol–water partition coefficient (Wildman–Crippen LogP) is 0.440. The highest BCUT2D eigenvalue weighted by molar-refractivity contribution is 5.80. The summed E-state index contributed by atoms with van der Waals surface area (Å²) in [5.41, 5.74) is 1.49. The molecule has 2 rings (SSSR count). The van der Waals surface area contributed by atoms with Crippen molar-refractivity contribution in [2.24, 2.45) is 0 Å². The summed E-state index contributed by atoms with van der Waals surface area (Å²) in [6, 6.07) is 0.0216. The van der Waals surface area contributed by atoms with Crippen molar-refractivity contribution in [3.05, 3.63) is 23.7 Å². The normalized spacial score (nSPS) is 24.6. The first-order chi connectivity index (χ1) is 9.92. The highest BCUT2D eigenvalue weighted by Gasteiger charge is 2.32. The lowest BCUT2D eigenvalue weighted by Gasteiger charge is -2.31. The Morgan fingerprint density at radius 3 is 2.95 bits per heavy atom. The average molecular weight is 292 g/mol. The largest absolute Gasteiger partial charge is 0.381 e. The number of nitrogens with one attached hydrogen (secondary N) is 3. The maximum Gasteiger partial charge on any atom is 0.238 e. The third kappa shape index (κ3) is 3.85. The predicted molar refractivity (Wildman–Crippen MR) is 81.0 cm³/mol. The average Bonchev–Trinajstić information content (AvgIpc) is 2.73. The zero-order chi connectivity index (χ0) is 15.5. The number of hydrogen-bond donors (Lipinski definition) is 3. The molecule has 0 saturated carbocycles. The lowest BCUT2D eigenvalue weighted by atomic mass is 10.0. The van der Waals surface area contributed by atoms with Gasteiger partial charge >= 0.3 is 0 Å². The number of rotatable bonds is 5. The highest BCUT2D eigenvalue weighted by Crippen LogP contribution is 2.27. The summed E-state index contributed by atoms with van der Waals surface area (Å²) in [5.74, 6) is -0.0331. The number of hydrogen-bond acceptors (Lipinski definition) is 4. The summed E-state index contributed by atoms with van der Waals surface area (Å²) in [4.78, 5) is 24.9. The minimum absolute atomic E-state index is 0.0216. The Hall–Kier alpha value is -1.82. The number of likely N-dealkylation sites (tertiary alicyclic amines) is 1. The van der Waals surface area contributed by atoms with E-state index in [0.29, 0.717) is 18.7 Å². The summed E-state index contributed by atoms with van der Waals surface area (Å²) >= 11 is 0. The Morgan fingerprint density at radius 2 is 2.33 bits per heavy atom. The Labute approximate surface area is 125 Å². The van der Waals surface area contributed by atoms with Crippen LogP contribution in [-0.2, 0) is 9.59 Å². The highest BCUT2D eigenvalue weighted by atomic mass is 16.2. The maximum atomic E-state index is 12.2. The molecule has 2 amide bonds. The van der Waals surface area contributed by atoms with Crippen LogP contribution in [0.25, 0.3) is 0 Å². The zero-order valence-corrected chi connectivity index (χ0v) is 12.9. The fraction of sp³-hybridized carbons (Fsp3) is 0.600. The molecule has 0 radical (unpaired) electrons. The van der Waals surface area contributed by atoms with E-state index in [-0.39, 0.29) is 17.5 Å². The Kier molecular flexibility index (Phi) is 4.67. The Bertz CT molecular complexity index is 482. The van der Waals surface area contributed by atoms with E-state index in [1.807, 2.05) is 6.92 Å². The van der Waals surface area contributed by atoms with Crippen LogP contribution in [0.15, 0.2) is 23.7 Å². The molecule has 0 bridgehead atoms. The fourth-order valence-electron chi connectivity index (χ4n) is 2.78. The van der Waals surface area contributed by atoms with Gasteiger partial charge in [0.2, 0.25) is 12.3 Å². The van der Waals surface area contributed by atoms with Crippen molar-refractivity contribution >= 4 is 12.3 Å². The lowest BCUT2D eigenvalue weighted by Crippen LogP contribution is -2.45. The molecular weight excluding hydrogens is 268 g/mol. The molecule has 0 aromatic heterocycles. The SMILES string of the molecule is CC1NC=C(NC(=O)CN2CCCC2(C)C)C=C1NC=O. The van der Waals surface area contributed by atoms with E-state index in [1.165, 1.54) is 0 Å². The van der Waals surface area contributed by atoms with Crippen LogP contribution in [0.2, 0.25) is 0 Å². The number of dihydropyridines is 1. The molecule has 2 heterocycles. The van der Waals surface area contributed by atoms with Gasteiger partial charge in [0.05, 0.1) is 18.3 Å². The molecular formula is C15H24N4O2. The molecule has 0 aromatic carbocycles. The van der Waals surface area contributed by atoms with Crippen LogP contribution in [-0.4, -0.2) is 41.9 Å². The molecule has 116 valence electrons. The molecule has 0 spiro atoms. The second kappa shape index (κ2) is 6.30. The molecule has 1 unspecified atom stereocenters. The zero-order valence-electron chi connectivity index (χ0n) is 12.9. The van der Waals surface area contributed by atoms with Crippen LogP contribution in [0.3, 0.4) is 0 Å². The molecule has 0 aliphatic carbocycles. The summed E-state index contributed by atoms with van der Waals surface area (Å²) in [5, 5.41) is 8.62. The Morgan fingerprint density at radius 1 is 1.57 bits per heavy atom. The molecule has 21 heavy (non-hydrogen) atoms. The molecule has 1 atom stereocenters. The molecule has 6 nitrogen and oxygen atoms in total. The minimum atomic E-state index is -0.0331. The van der Waals surface area contributed by atoms with Gasteiger partial charge < -0.3 is 16.0 Å². The van der Waals surface area contributed by atoms with E-state index in [0.717, 1.165) is 25.1 Å². The van der Waals surface area contributed by atoms with E-state index >= 15 is 0 Å². The van der Waals surface area contributed by atoms with Crippen molar-refractivity contribution in [1.29, 1.82) is 0 Å². The van der Waals surface area contributed by atoms with E-state index in [1.54, 1.807) is 12.3 Å². The standard InChI is InChI=1S/C15H24N4O2/c1-11-13(17-10-20)7-12(8-16-11)18-14(21)9-19-6-4-5-15(19,2)3/h7-8,10-11,16H,4-6,9H2,1-3H3,(H,17,20)(H,18,21). The fourth-order valence-corrected chi connectivity index (χ4v) is 2.78. The van der Waals surface area contributed by atoms with Gasteiger partial charge in [-0.15, -0.1) is 0 Å². The van der Waals surface area contributed by atoms with Crippen molar-refractivity contribution in [2.75, 3.05) is 13.1 Å². The van der Waals surface area contributed by atoms with E-state index < -0.39 is 0 Å². The van der Waals surface area contributed by atoms with Crippen LogP contribution in [0.4, 0.5) is 0 Å². The van der Waals surface area contributed by atoms with Crippen molar-refractivity contribution in [3.63, 3.8) is 0 Å². The monoisotopic (exact) mass is 292 g/mol. The molecule has 1 saturated heterocycles. The molecule has 6 heteroatoms. The Balaban J connectivity index is 1.92. The lowest BCUT2D eigenvalue weighted by molar-refractivity contribution is -0.122. The molecule has 2 aliphatic heterocycles. The van der Waals surface area contributed by atoms with Gasteiger partial charge in [0, 0.05) is 17.4 Å². The van der Waals surface area contributed by atoms with Gasteiger partial charge in [-0.05, 0) is 46.2 Å². The van der Waals surface area contributed by atoms with Gasteiger partial charge in [0.25, 0.3) is 0 Å². The molecule has 1 fully saturated rings. The van der Waals surface area contributed by atoms with Gasteiger partial charge in [-0.25, -0.2) is 0 Å². The third-order valence-electron chi connectivity index (χ3n) is 4.18. The maximum absolute atomic E-state index is 12.2. The number of allylic oxidation sites excluding steroid dienone is 1. The first-order valence-electron chi connectivity index (χ1n) is 7.35. The second-order valence-corrected chi connectivity index (χ2v) is 6.24. The van der Waals surface area contributed by atoms with Crippen LogP contribution < -0.4 is 16.0 Å². The molecule has 2 aliphatic rings. The van der Waals surface area contributed by atoms with Gasteiger partial charge in [-0.3, -0.25) is 14.5 Å². The first kappa shape index (κ1) is 15.6. The summed E-state index contributed by atoms with van der Waals surface area (Å²) in [6.45, 7) is 7.63. The second-order valence-electron chi connectivity index (χ2n) is 6.24. The van der Waals surface area contributed by atoms with Gasteiger partial charge in [-0.2, -0.15) is 0 Å². The van der Waals surface area contributed by atoms with Crippen molar-refractivity contribution in [3.8, 4) is 0 Å². The summed E-state index contributed by atoms with van der Waals surface area (Å²) in [7, 11) is 0. The number of nitrogens with zero attached hydrogens (tertiary/aromatic N) is 1. The van der Waals surface area contributed by atoms with Crippen LogP contribution in [0, 0.1) is 0 Å². The van der Waals surface area contributed by atoms with E-state index in [2.05, 4.69) is 34.7 Å².